The number of carbonyl (C=O) groups excluding carboxylic acids is 1. The second-order valence-electron chi connectivity index (χ2n) is 8.75. The first-order chi connectivity index (χ1) is 15.5. The molecule has 1 amide bonds. The van der Waals surface area contributed by atoms with Gasteiger partial charge in [0.1, 0.15) is 5.75 Å². The molecule has 1 aromatic carbocycles. The van der Waals surface area contributed by atoms with Crippen LogP contribution >= 0.6 is 0 Å². The van der Waals surface area contributed by atoms with Crippen molar-refractivity contribution < 1.29 is 14.1 Å². The summed E-state index contributed by atoms with van der Waals surface area (Å²) in [5.74, 6) is 1.22. The summed E-state index contributed by atoms with van der Waals surface area (Å²) in [5, 5.41) is 4.12. The number of aromatic nitrogens is 3. The number of ether oxygens (including phenoxy) is 1. The number of hydrogen-bond donors (Lipinski definition) is 0. The molecule has 2 aliphatic heterocycles. The number of methoxy groups -OCH3 is 1. The van der Waals surface area contributed by atoms with Gasteiger partial charge in [0.15, 0.2) is 0 Å². The highest BCUT2D eigenvalue weighted by molar-refractivity contribution is 5.92. The molecule has 1 spiro atoms. The van der Waals surface area contributed by atoms with E-state index in [2.05, 4.69) is 32.2 Å². The molecule has 2 fully saturated rings. The van der Waals surface area contributed by atoms with Crippen molar-refractivity contribution in [3.8, 4) is 17.1 Å². The Labute approximate surface area is 187 Å². The maximum atomic E-state index is 12.8. The summed E-state index contributed by atoms with van der Waals surface area (Å²) in [6.45, 7) is 4.56. The molecule has 0 unspecified atom stereocenters. The SMILES string of the molecule is COc1cccc(-c2noc(N3CC4(CCC3=O)CCN(c3ccnc(C)c3)CC4)n2)c1. The zero-order valence-corrected chi connectivity index (χ0v) is 18.5. The molecule has 8 heteroatoms. The average Bonchev–Trinajstić information content (AvgIpc) is 3.32. The van der Waals surface area contributed by atoms with Crippen LogP contribution in [0.4, 0.5) is 11.7 Å². The molecule has 0 bridgehead atoms. The third kappa shape index (κ3) is 3.92. The van der Waals surface area contributed by atoms with Gasteiger partial charge in [-0.25, -0.2) is 0 Å². The molecule has 2 saturated heterocycles. The maximum Gasteiger partial charge on any atom is 0.331 e. The van der Waals surface area contributed by atoms with E-state index in [4.69, 9.17) is 9.26 Å². The van der Waals surface area contributed by atoms with Crippen LogP contribution in [0.1, 0.15) is 31.4 Å². The zero-order chi connectivity index (χ0) is 22.1. The van der Waals surface area contributed by atoms with Crippen LogP contribution in [0.2, 0.25) is 0 Å². The predicted octanol–water partition coefficient (Wildman–Crippen LogP) is 3.86. The summed E-state index contributed by atoms with van der Waals surface area (Å²) in [5.41, 5.74) is 3.12. The topological polar surface area (TPSA) is 84.6 Å². The molecule has 0 N–H and O–H groups in total. The van der Waals surface area contributed by atoms with Crippen molar-refractivity contribution in [1.29, 1.82) is 0 Å². The Balaban J connectivity index is 1.31. The van der Waals surface area contributed by atoms with E-state index in [9.17, 15) is 4.79 Å². The fourth-order valence-electron chi connectivity index (χ4n) is 4.76. The minimum atomic E-state index is 0.0451. The fraction of sp³-hybridized carbons (Fsp3) is 0.417. The largest absolute Gasteiger partial charge is 0.497 e. The van der Waals surface area contributed by atoms with Gasteiger partial charge in [0.25, 0.3) is 0 Å². The molecule has 3 aromatic rings. The Bertz CT molecular complexity index is 1120. The summed E-state index contributed by atoms with van der Waals surface area (Å²) in [6, 6.07) is 12.0. The summed E-state index contributed by atoms with van der Waals surface area (Å²) in [6.07, 6.45) is 5.32. The Morgan fingerprint density at radius 1 is 1.12 bits per heavy atom. The molecule has 0 atom stereocenters. The normalized spacial score (nSPS) is 18.2. The van der Waals surface area contributed by atoms with Crippen molar-refractivity contribution in [2.45, 2.75) is 32.6 Å². The van der Waals surface area contributed by atoms with Crippen molar-refractivity contribution in [2.24, 2.45) is 5.41 Å². The first-order valence-corrected chi connectivity index (χ1v) is 11.0. The molecule has 32 heavy (non-hydrogen) atoms. The summed E-state index contributed by atoms with van der Waals surface area (Å²) in [7, 11) is 1.62. The number of hydrogen-bond acceptors (Lipinski definition) is 7. The standard InChI is InChI=1S/C24H27N5O3/c1-17-14-19(7-11-25-17)28-12-9-24(10-13-28)8-6-21(30)29(16-24)23-26-22(27-32-23)18-4-3-5-20(15-18)31-2/h3-5,7,11,14-15H,6,8-10,12-13,16H2,1-2H3. The Hall–Kier alpha value is -3.42. The van der Waals surface area contributed by atoms with Crippen molar-refractivity contribution in [2.75, 3.05) is 36.5 Å². The van der Waals surface area contributed by atoms with Crippen LogP contribution in [0.5, 0.6) is 5.75 Å². The third-order valence-corrected chi connectivity index (χ3v) is 6.71. The summed E-state index contributed by atoms with van der Waals surface area (Å²) < 4.78 is 10.8. The van der Waals surface area contributed by atoms with Crippen LogP contribution in [0.25, 0.3) is 11.4 Å². The third-order valence-electron chi connectivity index (χ3n) is 6.71. The van der Waals surface area contributed by atoms with E-state index in [0.29, 0.717) is 18.8 Å². The number of benzene rings is 1. The lowest BCUT2D eigenvalue weighted by Crippen LogP contribution is -2.51. The van der Waals surface area contributed by atoms with Crippen molar-refractivity contribution in [3.63, 3.8) is 0 Å². The van der Waals surface area contributed by atoms with E-state index in [1.165, 1.54) is 5.69 Å². The number of rotatable bonds is 4. The van der Waals surface area contributed by atoms with Gasteiger partial charge in [0, 0.05) is 49.2 Å². The molecule has 166 valence electrons. The van der Waals surface area contributed by atoms with Gasteiger partial charge < -0.3 is 14.2 Å². The van der Waals surface area contributed by atoms with Gasteiger partial charge in [0.2, 0.25) is 11.7 Å². The highest BCUT2D eigenvalue weighted by atomic mass is 16.5. The smallest absolute Gasteiger partial charge is 0.331 e. The molecule has 0 radical (unpaired) electrons. The quantitative estimate of drug-likeness (QED) is 0.618. The monoisotopic (exact) mass is 433 g/mol. The molecule has 0 saturated carbocycles. The van der Waals surface area contributed by atoms with Gasteiger partial charge in [-0.2, -0.15) is 4.98 Å². The van der Waals surface area contributed by atoms with E-state index in [0.717, 1.165) is 49.4 Å². The minimum absolute atomic E-state index is 0.0451. The van der Waals surface area contributed by atoms with Gasteiger partial charge in [-0.05, 0) is 55.9 Å². The molecule has 2 aromatic heterocycles. The van der Waals surface area contributed by atoms with Crippen molar-refractivity contribution in [1.82, 2.24) is 15.1 Å². The molecular formula is C24H27N5O3. The number of pyridine rings is 1. The van der Waals surface area contributed by atoms with Gasteiger partial charge in [0.05, 0.1) is 7.11 Å². The van der Waals surface area contributed by atoms with Gasteiger partial charge in [-0.3, -0.25) is 14.7 Å². The first-order valence-electron chi connectivity index (χ1n) is 11.0. The number of aryl methyl sites for hydroxylation is 1. The Morgan fingerprint density at radius 3 is 2.75 bits per heavy atom. The number of carbonyl (C=O) groups is 1. The van der Waals surface area contributed by atoms with Crippen LogP contribution in [0.15, 0.2) is 47.1 Å². The van der Waals surface area contributed by atoms with Gasteiger partial charge >= 0.3 is 6.01 Å². The molecule has 2 aliphatic rings. The van der Waals surface area contributed by atoms with Gasteiger partial charge in [-0.15, -0.1) is 0 Å². The maximum absolute atomic E-state index is 12.8. The van der Waals surface area contributed by atoms with Crippen LogP contribution in [-0.4, -0.2) is 47.8 Å². The number of amides is 1. The lowest BCUT2D eigenvalue weighted by Gasteiger charge is -2.46. The summed E-state index contributed by atoms with van der Waals surface area (Å²) >= 11 is 0. The number of nitrogens with zero attached hydrogens (tertiary/aromatic N) is 5. The summed E-state index contributed by atoms with van der Waals surface area (Å²) in [4.78, 5) is 25.7. The molecule has 4 heterocycles. The molecule has 8 nitrogen and oxygen atoms in total. The second kappa shape index (κ2) is 8.26. The highest BCUT2D eigenvalue weighted by Gasteiger charge is 2.43. The van der Waals surface area contributed by atoms with E-state index in [-0.39, 0.29) is 17.3 Å². The van der Waals surface area contributed by atoms with Crippen LogP contribution < -0.4 is 14.5 Å². The van der Waals surface area contributed by atoms with Crippen molar-refractivity contribution in [3.05, 3.63) is 48.3 Å². The lowest BCUT2D eigenvalue weighted by atomic mass is 9.72. The molecular weight excluding hydrogens is 406 g/mol. The Morgan fingerprint density at radius 2 is 1.97 bits per heavy atom. The van der Waals surface area contributed by atoms with E-state index in [1.807, 2.05) is 37.4 Å². The zero-order valence-electron chi connectivity index (χ0n) is 18.5. The van der Waals surface area contributed by atoms with Crippen LogP contribution in [0.3, 0.4) is 0 Å². The number of anilines is 2. The molecule has 5 rings (SSSR count). The van der Waals surface area contributed by atoms with Crippen molar-refractivity contribution >= 4 is 17.6 Å². The fourth-order valence-corrected chi connectivity index (χ4v) is 4.76. The minimum Gasteiger partial charge on any atom is -0.497 e. The highest BCUT2D eigenvalue weighted by Crippen LogP contribution is 2.42. The number of piperidine rings is 2. The van der Waals surface area contributed by atoms with E-state index in [1.54, 1.807) is 12.0 Å². The average molecular weight is 434 g/mol. The first kappa shape index (κ1) is 20.5. The van der Waals surface area contributed by atoms with Crippen LogP contribution in [0, 0.1) is 12.3 Å². The lowest BCUT2D eigenvalue weighted by molar-refractivity contribution is -0.121. The van der Waals surface area contributed by atoms with Gasteiger partial charge in [-0.1, -0.05) is 17.3 Å². The Kier molecular flexibility index (Phi) is 5.28. The van der Waals surface area contributed by atoms with E-state index < -0.39 is 0 Å². The predicted molar refractivity (Wildman–Crippen MR) is 121 cm³/mol. The van der Waals surface area contributed by atoms with Crippen LogP contribution in [-0.2, 0) is 4.79 Å². The second-order valence-corrected chi connectivity index (χ2v) is 8.75. The molecule has 0 aliphatic carbocycles. The van der Waals surface area contributed by atoms with E-state index >= 15 is 0 Å².